The molecule has 0 bridgehead atoms. The topological polar surface area (TPSA) is 30.5 Å². The molecule has 2 aliphatic heterocycles. The molecule has 21 heavy (non-hydrogen) atoms. The summed E-state index contributed by atoms with van der Waals surface area (Å²) in [6, 6.07) is 8.72. The summed E-state index contributed by atoms with van der Waals surface area (Å²) in [5.41, 5.74) is 1.40. The molecule has 2 saturated heterocycles. The summed E-state index contributed by atoms with van der Waals surface area (Å²) in [6.07, 6.45) is 3.48. The first-order valence-electron chi connectivity index (χ1n) is 7.80. The van der Waals surface area contributed by atoms with E-state index in [9.17, 15) is 0 Å². The van der Waals surface area contributed by atoms with Gasteiger partial charge < -0.3 is 14.8 Å². The summed E-state index contributed by atoms with van der Waals surface area (Å²) in [5, 5.41) is 3.53. The van der Waals surface area contributed by atoms with Crippen LogP contribution in [0.1, 0.15) is 30.9 Å². The molecule has 0 radical (unpaired) electrons. The van der Waals surface area contributed by atoms with Crippen LogP contribution >= 0.6 is 11.8 Å². The number of thioether (sulfide) groups is 1. The van der Waals surface area contributed by atoms with Gasteiger partial charge in [0.2, 0.25) is 0 Å². The van der Waals surface area contributed by atoms with Crippen molar-refractivity contribution in [2.45, 2.75) is 30.9 Å². The van der Waals surface area contributed by atoms with E-state index >= 15 is 0 Å². The van der Waals surface area contributed by atoms with Gasteiger partial charge in [-0.05, 0) is 44.0 Å². The lowest BCUT2D eigenvalue weighted by molar-refractivity contribution is -0.0851. The third-order valence-corrected chi connectivity index (χ3v) is 6.08. The van der Waals surface area contributed by atoms with Crippen LogP contribution in [-0.4, -0.2) is 37.9 Å². The monoisotopic (exact) mass is 307 g/mol. The molecule has 4 heteroatoms. The van der Waals surface area contributed by atoms with Crippen molar-refractivity contribution in [2.75, 3.05) is 32.3 Å². The van der Waals surface area contributed by atoms with E-state index < -0.39 is 0 Å². The van der Waals surface area contributed by atoms with Crippen molar-refractivity contribution < 1.29 is 9.47 Å². The van der Waals surface area contributed by atoms with Gasteiger partial charge in [-0.2, -0.15) is 11.8 Å². The smallest absolute Gasteiger partial charge is 0.123 e. The van der Waals surface area contributed by atoms with Crippen molar-refractivity contribution in [1.29, 1.82) is 0 Å². The number of benzene rings is 1. The Hall–Kier alpha value is -0.710. The molecule has 3 rings (SSSR count). The Labute approximate surface area is 131 Å². The summed E-state index contributed by atoms with van der Waals surface area (Å²) >= 11 is 2.03. The number of ether oxygens (including phenoxy) is 2. The molecule has 1 aromatic carbocycles. The van der Waals surface area contributed by atoms with Crippen molar-refractivity contribution in [3.05, 3.63) is 29.8 Å². The minimum absolute atomic E-state index is 0.130. The number of hydrogen-bond donors (Lipinski definition) is 1. The fourth-order valence-electron chi connectivity index (χ4n) is 3.78. The highest BCUT2D eigenvalue weighted by molar-refractivity contribution is 7.99. The maximum absolute atomic E-state index is 6.16. The van der Waals surface area contributed by atoms with Crippen molar-refractivity contribution >= 4 is 11.8 Å². The fraction of sp³-hybridized carbons (Fsp3) is 0.647. The highest BCUT2D eigenvalue weighted by atomic mass is 32.2. The molecule has 2 fully saturated rings. The normalized spacial score (nSPS) is 30.5. The highest BCUT2D eigenvalue weighted by Gasteiger charge is 2.42. The lowest BCUT2D eigenvalue weighted by Gasteiger charge is -2.41. The van der Waals surface area contributed by atoms with Gasteiger partial charge in [0, 0.05) is 24.0 Å². The standard InChI is InChI=1S/C17H25NO2S/c1-18-16(14-5-3-4-6-15(14)19-2)13-7-9-20-17(11-13)8-10-21-12-17/h3-6,13,16,18H,7-12H2,1-2H3. The van der Waals surface area contributed by atoms with Gasteiger partial charge in [0.25, 0.3) is 0 Å². The summed E-state index contributed by atoms with van der Waals surface area (Å²) in [4.78, 5) is 0. The maximum Gasteiger partial charge on any atom is 0.123 e. The van der Waals surface area contributed by atoms with E-state index in [-0.39, 0.29) is 5.60 Å². The quantitative estimate of drug-likeness (QED) is 0.925. The van der Waals surface area contributed by atoms with Gasteiger partial charge in [0.1, 0.15) is 5.75 Å². The van der Waals surface area contributed by atoms with Crippen molar-refractivity contribution in [1.82, 2.24) is 5.32 Å². The number of hydrogen-bond acceptors (Lipinski definition) is 4. The Kier molecular flexibility index (Phi) is 4.77. The molecule has 0 aliphatic carbocycles. The van der Waals surface area contributed by atoms with Gasteiger partial charge in [-0.15, -0.1) is 0 Å². The third kappa shape index (κ3) is 3.08. The van der Waals surface area contributed by atoms with E-state index in [0.29, 0.717) is 12.0 Å². The first-order valence-corrected chi connectivity index (χ1v) is 8.95. The maximum atomic E-state index is 6.16. The number of nitrogens with one attached hydrogen (secondary N) is 1. The molecule has 0 saturated carbocycles. The van der Waals surface area contributed by atoms with Crippen LogP contribution in [0.2, 0.25) is 0 Å². The van der Waals surface area contributed by atoms with Gasteiger partial charge in [-0.1, -0.05) is 18.2 Å². The first kappa shape index (κ1) is 15.2. The minimum atomic E-state index is 0.130. The number of para-hydroxylation sites is 1. The summed E-state index contributed by atoms with van der Waals surface area (Å²) in [7, 11) is 3.81. The molecule has 116 valence electrons. The second-order valence-corrected chi connectivity index (χ2v) is 7.20. The van der Waals surface area contributed by atoms with Crippen LogP contribution < -0.4 is 10.1 Å². The summed E-state index contributed by atoms with van der Waals surface area (Å²) in [5.74, 6) is 3.99. The van der Waals surface area contributed by atoms with Crippen LogP contribution in [0.4, 0.5) is 0 Å². The Morgan fingerprint density at radius 3 is 3.00 bits per heavy atom. The molecule has 0 amide bonds. The lowest BCUT2D eigenvalue weighted by atomic mass is 9.79. The molecule has 2 aliphatic rings. The van der Waals surface area contributed by atoms with E-state index in [4.69, 9.17) is 9.47 Å². The predicted molar refractivity (Wildman–Crippen MR) is 88.1 cm³/mol. The van der Waals surface area contributed by atoms with E-state index in [1.807, 2.05) is 17.8 Å². The van der Waals surface area contributed by atoms with Crippen LogP contribution in [0.25, 0.3) is 0 Å². The van der Waals surface area contributed by atoms with Crippen LogP contribution in [-0.2, 0) is 4.74 Å². The van der Waals surface area contributed by atoms with Gasteiger partial charge in [-0.3, -0.25) is 0 Å². The zero-order valence-corrected chi connectivity index (χ0v) is 13.7. The van der Waals surface area contributed by atoms with E-state index in [2.05, 4.69) is 30.6 Å². The number of rotatable bonds is 4. The SMILES string of the molecule is CNC(c1ccccc1OC)C1CCOC2(CCSC2)C1. The van der Waals surface area contributed by atoms with Crippen LogP contribution in [0.3, 0.4) is 0 Å². The summed E-state index contributed by atoms with van der Waals surface area (Å²) < 4.78 is 11.7. The fourth-order valence-corrected chi connectivity index (χ4v) is 5.16. The van der Waals surface area contributed by atoms with E-state index in [1.54, 1.807) is 7.11 Å². The van der Waals surface area contributed by atoms with Gasteiger partial charge in [0.15, 0.2) is 0 Å². The molecule has 3 atom stereocenters. The average molecular weight is 307 g/mol. The Balaban J connectivity index is 1.82. The van der Waals surface area contributed by atoms with E-state index in [0.717, 1.165) is 31.0 Å². The molecular formula is C17H25NO2S. The second kappa shape index (κ2) is 6.59. The van der Waals surface area contributed by atoms with Gasteiger partial charge >= 0.3 is 0 Å². The Morgan fingerprint density at radius 2 is 2.29 bits per heavy atom. The Morgan fingerprint density at radius 1 is 1.43 bits per heavy atom. The van der Waals surface area contributed by atoms with Crippen LogP contribution in [0, 0.1) is 5.92 Å². The van der Waals surface area contributed by atoms with Crippen molar-refractivity contribution in [3.63, 3.8) is 0 Å². The van der Waals surface area contributed by atoms with Crippen LogP contribution in [0.5, 0.6) is 5.75 Å². The van der Waals surface area contributed by atoms with Crippen LogP contribution in [0.15, 0.2) is 24.3 Å². The largest absolute Gasteiger partial charge is 0.496 e. The molecule has 0 aromatic heterocycles. The average Bonchev–Trinajstić information content (AvgIpc) is 2.96. The number of methoxy groups -OCH3 is 1. The minimum Gasteiger partial charge on any atom is -0.496 e. The Bertz CT molecular complexity index is 474. The van der Waals surface area contributed by atoms with Gasteiger partial charge in [-0.25, -0.2) is 0 Å². The molecule has 1 spiro atoms. The van der Waals surface area contributed by atoms with Gasteiger partial charge in [0.05, 0.1) is 12.7 Å². The molecule has 1 aromatic rings. The lowest BCUT2D eigenvalue weighted by Crippen LogP contribution is -2.43. The molecular weight excluding hydrogens is 282 g/mol. The highest BCUT2D eigenvalue weighted by Crippen LogP contribution is 2.45. The second-order valence-electron chi connectivity index (χ2n) is 6.10. The third-order valence-electron chi connectivity index (χ3n) is 4.85. The molecule has 3 unspecified atom stereocenters. The predicted octanol–water partition coefficient (Wildman–Crippen LogP) is 3.26. The summed E-state index contributed by atoms with van der Waals surface area (Å²) in [6.45, 7) is 0.887. The molecule has 2 heterocycles. The zero-order chi connectivity index (χ0) is 14.7. The van der Waals surface area contributed by atoms with Crippen molar-refractivity contribution in [3.8, 4) is 5.75 Å². The van der Waals surface area contributed by atoms with Crippen molar-refractivity contribution in [2.24, 2.45) is 5.92 Å². The van der Waals surface area contributed by atoms with E-state index in [1.165, 1.54) is 17.7 Å². The molecule has 3 nitrogen and oxygen atoms in total. The first-order chi connectivity index (χ1) is 10.3. The zero-order valence-electron chi connectivity index (χ0n) is 12.9. The molecule has 1 N–H and O–H groups in total.